The lowest BCUT2D eigenvalue weighted by molar-refractivity contribution is -0.123. The quantitative estimate of drug-likeness (QED) is 0.403. The maximum atomic E-state index is 13.9. The van der Waals surface area contributed by atoms with Gasteiger partial charge in [0.05, 0.1) is 23.1 Å². The maximum Gasteiger partial charge on any atom is 0.243 e. The normalized spacial score (nSPS) is 20.9. The Morgan fingerprint density at radius 3 is 2.44 bits per heavy atom. The van der Waals surface area contributed by atoms with Gasteiger partial charge in [-0.25, -0.2) is 8.42 Å². The van der Waals surface area contributed by atoms with Crippen LogP contribution in [0.5, 0.6) is 5.75 Å². The molecule has 1 amide bonds. The zero-order chi connectivity index (χ0) is 24.7. The number of hydrogen-bond acceptors (Lipinski definition) is 5. The monoisotopic (exact) mass is 502 g/mol. The summed E-state index contributed by atoms with van der Waals surface area (Å²) >= 11 is 0. The summed E-state index contributed by atoms with van der Waals surface area (Å²) in [4.78, 5) is 15.8. The van der Waals surface area contributed by atoms with E-state index in [0.717, 1.165) is 22.9 Å². The van der Waals surface area contributed by atoms with Gasteiger partial charge in [-0.15, -0.1) is 0 Å². The van der Waals surface area contributed by atoms with Crippen LogP contribution in [0.2, 0.25) is 25.7 Å². The molecule has 0 radical (unpaired) electrons. The summed E-state index contributed by atoms with van der Waals surface area (Å²) in [7, 11) is -3.40. The molecule has 1 atom stereocenters. The molecular formula is C25H34N2O5SSi. The van der Waals surface area contributed by atoms with Crippen molar-refractivity contribution in [3.8, 4) is 5.75 Å². The molecule has 2 aromatic carbocycles. The van der Waals surface area contributed by atoms with E-state index in [1.807, 2.05) is 25.1 Å². The second-order valence-electron chi connectivity index (χ2n) is 10.4. The first-order valence-corrected chi connectivity index (χ1v) is 16.8. The standard InChI is InChI=1S/C25H34N2O5SSi/c1-19-9-11-20(12-10-19)33(29,30)26-14-13-25(17-26)23-21(7-6-8-22(23)31-2)27(24(25)28)18-32-15-16-34(3,4)5/h6-12H,13-18H2,1-5H3. The first kappa shape index (κ1) is 24.9. The average Bonchev–Trinajstić information content (AvgIpc) is 3.33. The molecule has 1 spiro atoms. The molecule has 2 aromatic rings. The zero-order valence-electron chi connectivity index (χ0n) is 20.6. The minimum absolute atomic E-state index is 0.0841. The van der Waals surface area contributed by atoms with Crippen molar-refractivity contribution in [3.05, 3.63) is 53.6 Å². The molecule has 0 aromatic heterocycles. The molecule has 2 aliphatic rings. The van der Waals surface area contributed by atoms with E-state index in [1.165, 1.54) is 4.31 Å². The Balaban J connectivity index is 1.64. The van der Waals surface area contributed by atoms with E-state index < -0.39 is 23.5 Å². The van der Waals surface area contributed by atoms with Crippen molar-refractivity contribution in [1.29, 1.82) is 0 Å². The van der Waals surface area contributed by atoms with Crippen LogP contribution in [0.1, 0.15) is 17.5 Å². The van der Waals surface area contributed by atoms with Gasteiger partial charge in [0, 0.05) is 33.3 Å². The Bertz CT molecular complexity index is 1180. The smallest absolute Gasteiger partial charge is 0.243 e. The summed E-state index contributed by atoms with van der Waals surface area (Å²) in [6, 6.07) is 13.4. The van der Waals surface area contributed by atoms with Crippen LogP contribution >= 0.6 is 0 Å². The topological polar surface area (TPSA) is 76.2 Å². The van der Waals surface area contributed by atoms with E-state index in [0.29, 0.717) is 18.8 Å². The Morgan fingerprint density at radius 2 is 1.79 bits per heavy atom. The molecule has 0 N–H and O–H groups in total. The van der Waals surface area contributed by atoms with E-state index in [9.17, 15) is 13.2 Å². The highest BCUT2D eigenvalue weighted by molar-refractivity contribution is 7.89. The number of amides is 1. The van der Waals surface area contributed by atoms with Gasteiger partial charge in [-0.1, -0.05) is 43.4 Å². The van der Waals surface area contributed by atoms with E-state index in [-0.39, 0.29) is 30.6 Å². The summed E-state index contributed by atoms with van der Waals surface area (Å²) < 4.78 is 39.8. The average molecular weight is 503 g/mol. The zero-order valence-corrected chi connectivity index (χ0v) is 22.4. The molecule has 1 fully saturated rings. The van der Waals surface area contributed by atoms with Crippen LogP contribution in [0, 0.1) is 6.92 Å². The lowest BCUT2D eigenvalue weighted by Crippen LogP contribution is -2.44. The van der Waals surface area contributed by atoms with Crippen LogP contribution in [-0.2, 0) is 25.0 Å². The number of ether oxygens (including phenoxy) is 2. The highest BCUT2D eigenvalue weighted by Gasteiger charge is 2.57. The van der Waals surface area contributed by atoms with Gasteiger partial charge in [-0.05, 0) is 43.7 Å². The van der Waals surface area contributed by atoms with E-state index >= 15 is 0 Å². The number of anilines is 1. The number of nitrogens with zero attached hydrogens (tertiary/aromatic N) is 2. The number of benzene rings is 2. The predicted octanol–water partition coefficient (Wildman–Crippen LogP) is 3.99. The number of fused-ring (bicyclic) bond motifs is 2. The van der Waals surface area contributed by atoms with Gasteiger partial charge in [0.25, 0.3) is 0 Å². The summed E-state index contributed by atoms with van der Waals surface area (Å²) in [5.41, 5.74) is 1.51. The lowest BCUT2D eigenvalue weighted by Gasteiger charge is -2.25. The van der Waals surface area contributed by atoms with Crippen molar-refractivity contribution in [2.45, 2.75) is 49.3 Å². The minimum atomic E-state index is -3.72. The van der Waals surface area contributed by atoms with Gasteiger partial charge in [0.15, 0.2) is 0 Å². The molecule has 1 unspecified atom stereocenters. The van der Waals surface area contributed by atoms with Crippen LogP contribution in [0.4, 0.5) is 5.69 Å². The third-order valence-corrected chi connectivity index (χ3v) is 10.3. The predicted molar refractivity (Wildman–Crippen MR) is 136 cm³/mol. The summed E-state index contributed by atoms with van der Waals surface area (Å²) in [6.07, 6.45) is 0.399. The molecule has 2 heterocycles. The molecule has 9 heteroatoms. The van der Waals surface area contributed by atoms with E-state index in [4.69, 9.17) is 9.47 Å². The molecular weight excluding hydrogens is 468 g/mol. The summed E-state index contributed by atoms with van der Waals surface area (Å²) in [5.74, 6) is 0.478. The van der Waals surface area contributed by atoms with Crippen LogP contribution in [0.15, 0.2) is 47.4 Å². The fourth-order valence-electron chi connectivity index (χ4n) is 4.75. The van der Waals surface area contributed by atoms with Crippen LogP contribution in [0.3, 0.4) is 0 Å². The summed E-state index contributed by atoms with van der Waals surface area (Å²) in [6.45, 7) is 9.87. The highest BCUT2D eigenvalue weighted by Crippen LogP contribution is 2.52. The molecule has 184 valence electrons. The van der Waals surface area contributed by atoms with Crippen LogP contribution in [0.25, 0.3) is 0 Å². The van der Waals surface area contributed by atoms with E-state index in [1.54, 1.807) is 36.3 Å². The molecule has 34 heavy (non-hydrogen) atoms. The minimum Gasteiger partial charge on any atom is -0.496 e. The van der Waals surface area contributed by atoms with Crippen molar-refractivity contribution in [2.24, 2.45) is 0 Å². The fraction of sp³-hybridized carbons (Fsp3) is 0.480. The number of carbonyl (C=O) groups excluding carboxylic acids is 1. The Hall–Kier alpha value is -2.20. The number of methoxy groups -OCH3 is 1. The third kappa shape index (κ3) is 4.42. The second kappa shape index (κ2) is 9.11. The first-order chi connectivity index (χ1) is 16.0. The van der Waals surface area contributed by atoms with Crippen LogP contribution < -0.4 is 9.64 Å². The molecule has 0 saturated carbocycles. The Labute approximate surface area is 203 Å². The molecule has 4 rings (SSSR count). The second-order valence-corrected chi connectivity index (χ2v) is 18.0. The van der Waals surface area contributed by atoms with Crippen molar-refractivity contribution >= 4 is 29.7 Å². The Morgan fingerprint density at radius 1 is 1.09 bits per heavy atom. The first-order valence-electron chi connectivity index (χ1n) is 11.6. The van der Waals surface area contributed by atoms with Gasteiger partial charge in [-0.3, -0.25) is 9.69 Å². The number of rotatable bonds is 8. The van der Waals surface area contributed by atoms with Gasteiger partial charge >= 0.3 is 0 Å². The van der Waals surface area contributed by atoms with Gasteiger partial charge in [-0.2, -0.15) is 4.31 Å². The number of hydrogen-bond donors (Lipinski definition) is 0. The number of aryl methyl sites for hydroxylation is 1. The Kier molecular flexibility index (Phi) is 6.67. The molecule has 7 nitrogen and oxygen atoms in total. The molecule has 0 bridgehead atoms. The van der Waals surface area contributed by atoms with Crippen LogP contribution in [-0.4, -0.2) is 60.2 Å². The van der Waals surface area contributed by atoms with Gasteiger partial charge in [0.1, 0.15) is 12.5 Å². The van der Waals surface area contributed by atoms with Crippen molar-refractivity contribution in [1.82, 2.24) is 4.31 Å². The third-order valence-electron chi connectivity index (χ3n) is 6.76. The van der Waals surface area contributed by atoms with Crippen molar-refractivity contribution < 1.29 is 22.7 Å². The number of carbonyl (C=O) groups is 1. The molecule has 2 aliphatic heterocycles. The SMILES string of the molecule is COc1cccc2c1C1(CCN(S(=O)(=O)c3ccc(C)cc3)C1)C(=O)N2COCC[Si](C)(C)C. The molecule has 1 saturated heterocycles. The highest BCUT2D eigenvalue weighted by atomic mass is 32.2. The lowest BCUT2D eigenvalue weighted by atomic mass is 9.80. The number of sulfonamides is 1. The fourth-order valence-corrected chi connectivity index (χ4v) is 7.01. The maximum absolute atomic E-state index is 13.9. The van der Waals surface area contributed by atoms with Gasteiger partial charge in [0.2, 0.25) is 15.9 Å². The van der Waals surface area contributed by atoms with Crippen molar-refractivity contribution in [3.63, 3.8) is 0 Å². The van der Waals surface area contributed by atoms with E-state index in [2.05, 4.69) is 19.6 Å². The largest absolute Gasteiger partial charge is 0.496 e. The van der Waals surface area contributed by atoms with Gasteiger partial charge < -0.3 is 9.47 Å². The summed E-state index contributed by atoms with van der Waals surface area (Å²) in [5, 5.41) is 0. The molecule has 0 aliphatic carbocycles. The van der Waals surface area contributed by atoms with Crippen molar-refractivity contribution in [2.75, 3.05) is 38.4 Å².